The van der Waals surface area contributed by atoms with Crippen molar-refractivity contribution in [2.24, 2.45) is 0 Å². The van der Waals surface area contributed by atoms with E-state index in [9.17, 15) is 19.8 Å². The van der Waals surface area contributed by atoms with Gasteiger partial charge in [0.25, 0.3) is 0 Å². The third-order valence-corrected chi connectivity index (χ3v) is 4.49. The molecule has 0 amide bonds. The number of aromatic hydroxyl groups is 2. The lowest BCUT2D eigenvalue weighted by molar-refractivity contribution is 0.0974. The van der Waals surface area contributed by atoms with Crippen molar-refractivity contribution in [3.05, 3.63) is 82.0 Å². The van der Waals surface area contributed by atoms with Gasteiger partial charge in [0.1, 0.15) is 11.5 Å². The zero-order valence-corrected chi connectivity index (χ0v) is 14.8. The van der Waals surface area contributed by atoms with Gasteiger partial charge >= 0.3 is 0 Å². The van der Waals surface area contributed by atoms with E-state index < -0.39 is 11.6 Å². The van der Waals surface area contributed by atoms with E-state index in [0.29, 0.717) is 24.0 Å². The minimum absolute atomic E-state index is 0.132. The van der Waals surface area contributed by atoms with E-state index >= 15 is 0 Å². The lowest BCUT2D eigenvalue weighted by Crippen LogP contribution is -2.22. The number of fused-ring (bicyclic) bond motifs is 2. The second-order valence-electron chi connectivity index (χ2n) is 6.88. The highest BCUT2D eigenvalue weighted by Crippen LogP contribution is 2.44. The molecule has 26 heavy (non-hydrogen) atoms. The summed E-state index contributed by atoms with van der Waals surface area (Å²) in [5, 5.41) is 21.7. The van der Waals surface area contributed by atoms with Crippen LogP contribution in [-0.2, 0) is 12.8 Å². The first-order valence-corrected chi connectivity index (χ1v) is 8.30. The topological polar surface area (TPSA) is 74.6 Å². The molecule has 0 saturated heterocycles. The fourth-order valence-corrected chi connectivity index (χ4v) is 3.40. The molecule has 4 heteroatoms. The Kier molecular flexibility index (Phi) is 4.28. The molecule has 0 fully saturated rings. The van der Waals surface area contributed by atoms with Gasteiger partial charge in [-0.25, -0.2) is 0 Å². The zero-order valence-electron chi connectivity index (χ0n) is 14.8. The maximum absolute atomic E-state index is 12.9. The van der Waals surface area contributed by atoms with Gasteiger partial charge in [0.05, 0.1) is 11.1 Å². The summed E-state index contributed by atoms with van der Waals surface area (Å²) < 4.78 is 0. The first-order valence-electron chi connectivity index (χ1n) is 8.30. The Balaban J connectivity index is 2.38. The van der Waals surface area contributed by atoms with Crippen LogP contribution in [0.5, 0.6) is 11.5 Å². The molecule has 0 spiro atoms. The van der Waals surface area contributed by atoms with Crippen LogP contribution in [0, 0.1) is 0 Å². The van der Waals surface area contributed by atoms with Gasteiger partial charge in [-0.3, -0.25) is 9.59 Å². The number of ketones is 2. The molecule has 0 unspecified atom stereocenters. The van der Waals surface area contributed by atoms with Gasteiger partial charge in [0, 0.05) is 22.3 Å². The van der Waals surface area contributed by atoms with E-state index in [2.05, 4.69) is 13.2 Å². The number of carbonyl (C=O) groups excluding carboxylic acids is 2. The number of benzene rings is 2. The summed E-state index contributed by atoms with van der Waals surface area (Å²) in [6.45, 7) is 11.3. The summed E-state index contributed by atoms with van der Waals surface area (Å²) in [4.78, 5) is 25.9. The number of hydrogen-bond donors (Lipinski definition) is 2. The molecule has 2 N–H and O–H groups in total. The maximum atomic E-state index is 12.9. The Morgan fingerprint density at radius 1 is 0.808 bits per heavy atom. The smallest absolute Gasteiger partial charge is 0.198 e. The number of hydrogen-bond acceptors (Lipinski definition) is 4. The Morgan fingerprint density at radius 3 is 1.46 bits per heavy atom. The summed E-state index contributed by atoms with van der Waals surface area (Å²) in [7, 11) is 0. The van der Waals surface area contributed by atoms with Gasteiger partial charge in [-0.05, 0) is 26.7 Å². The quantitative estimate of drug-likeness (QED) is 0.550. The van der Waals surface area contributed by atoms with Crippen molar-refractivity contribution < 1.29 is 19.8 Å². The van der Waals surface area contributed by atoms with Gasteiger partial charge < -0.3 is 10.2 Å². The summed E-state index contributed by atoms with van der Waals surface area (Å²) in [6, 6.07) is 6.43. The van der Waals surface area contributed by atoms with Crippen LogP contribution in [0.25, 0.3) is 0 Å². The van der Waals surface area contributed by atoms with E-state index in [4.69, 9.17) is 0 Å². The fraction of sp³-hybridized carbons (Fsp3) is 0.182. The molecule has 0 radical (unpaired) electrons. The summed E-state index contributed by atoms with van der Waals surface area (Å²) >= 11 is 0. The molecule has 2 aromatic rings. The van der Waals surface area contributed by atoms with Gasteiger partial charge in [0.2, 0.25) is 0 Å². The van der Waals surface area contributed by atoms with Crippen LogP contribution in [-0.4, -0.2) is 21.8 Å². The van der Waals surface area contributed by atoms with Crippen LogP contribution in [0.1, 0.15) is 56.8 Å². The summed E-state index contributed by atoms with van der Waals surface area (Å²) in [5.74, 6) is -1.45. The van der Waals surface area contributed by atoms with Crippen molar-refractivity contribution >= 4 is 11.6 Å². The highest BCUT2D eigenvalue weighted by atomic mass is 16.3. The zero-order chi connectivity index (χ0) is 19.2. The van der Waals surface area contributed by atoms with E-state index in [-0.39, 0.29) is 33.8 Å². The molecule has 0 atom stereocenters. The highest BCUT2D eigenvalue weighted by Gasteiger charge is 2.37. The fourth-order valence-electron chi connectivity index (χ4n) is 3.40. The Hall–Kier alpha value is -3.14. The van der Waals surface area contributed by atoms with Crippen LogP contribution in [0.3, 0.4) is 0 Å². The summed E-state index contributed by atoms with van der Waals surface area (Å²) in [5.41, 5.74) is 2.55. The van der Waals surface area contributed by atoms with Crippen LogP contribution < -0.4 is 0 Å². The monoisotopic (exact) mass is 348 g/mol. The molecular weight excluding hydrogens is 328 g/mol. The molecule has 0 aliphatic heterocycles. The van der Waals surface area contributed by atoms with Gasteiger partial charge in [-0.1, -0.05) is 48.6 Å². The molecule has 132 valence electrons. The first-order chi connectivity index (χ1) is 12.2. The Bertz CT molecular complexity index is 916. The van der Waals surface area contributed by atoms with Crippen molar-refractivity contribution in [3.63, 3.8) is 0 Å². The number of rotatable bonds is 4. The predicted octanol–water partition coefficient (Wildman–Crippen LogP) is 4.11. The van der Waals surface area contributed by atoms with Crippen LogP contribution in [0.2, 0.25) is 0 Å². The molecule has 1 aliphatic rings. The average Bonchev–Trinajstić information content (AvgIpc) is 2.58. The van der Waals surface area contributed by atoms with E-state index in [1.807, 2.05) is 0 Å². The Labute approximate surface area is 152 Å². The van der Waals surface area contributed by atoms with Crippen molar-refractivity contribution in [2.45, 2.75) is 26.7 Å². The molecular formula is C22H20O4. The standard InChI is InChI=1S/C22H20O4/c1-11(2)9-15-16(10-12(3)4)22(26)18-17(21(15)25)19(23)13-7-5-6-8-14(13)20(18)24/h5-8,25-26H,1,3,9-10H2,2,4H3. The largest absolute Gasteiger partial charge is 0.507 e. The van der Waals surface area contributed by atoms with Gasteiger partial charge in [0.15, 0.2) is 11.6 Å². The normalized spacial score (nSPS) is 12.5. The lowest BCUT2D eigenvalue weighted by Gasteiger charge is -2.24. The highest BCUT2D eigenvalue weighted by molar-refractivity contribution is 6.30. The Morgan fingerprint density at radius 2 is 1.15 bits per heavy atom. The first kappa shape index (κ1) is 17.7. The van der Waals surface area contributed by atoms with Crippen molar-refractivity contribution in [1.82, 2.24) is 0 Å². The molecule has 4 nitrogen and oxygen atoms in total. The van der Waals surface area contributed by atoms with Crippen LogP contribution >= 0.6 is 0 Å². The minimum atomic E-state index is -0.465. The number of phenols is 2. The SMILES string of the molecule is C=C(C)Cc1c(O)c2c(c(O)c1CC(=C)C)C(=O)c1ccccc1C2=O. The molecule has 1 aliphatic carbocycles. The van der Waals surface area contributed by atoms with Crippen molar-refractivity contribution in [3.8, 4) is 11.5 Å². The third kappa shape index (κ3) is 2.64. The molecule has 3 rings (SSSR count). The van der Waals surface area contributed by atoms with Crippen LogP contribution in [0.15, 0.2) is 48.6 Å². The molecule has 0 aromatic heterocycles. The second kappa shape index (κ2) is 6.30. The molecule has 0 saturated carbocycles. The number of allylic oxidation sites excluding steroid dienone is 2. The van der Waals surface area contributed by atoms with Gasteiger partial charge in [-0.2, -0.15) is 0 Å². The van der Waals surface area contributed by atoms with Gasteiger partial charge in [-0.15, -0.1) is 0 Å². The van der Waals surface area contributed by atoms with Crippen molar-refractivity contribution in [1.29, 1.82) is 0 Å². The predicted molar refractivity (Wildman–Crippen MR) is 100 cm³/mol. The molecule has 2 aromatic carbocycles. The minimum Gasteiger partial charge on any atom is -0.507 e. The summed E-state index contributed by atoms with van der Waals surface area (Å²) in [6.07, 6.45) is 0.580. The van der Waals surface area contributed by atoms with E-state index in [1.165, 1.54) is 0 Å². The third-order valence-electron chi connectivity index (χ3n) is 4.49. The van der Waals surface area contributed by atoms with E-state index in [0.717, 1.165) is 11.1 Å². The molecule has 0 bridgehead atoms. The van der Waals surface area contributed by atoms with Crippen molar-refractivity contribution in [2.75, 3.05) is 0 Å². The number of carbonyl (C=O) groups is 2. The maximum Gasteiger partial charge on any atom is 0.198 e. The number of phenolic OH excluding ortho intramolecular Hbond substituents is 2. The average molecular weight is 348 g/mol. The van der Waals surface area contributed by atoms with Crippen LogP contribution in [0.4, 0.5) is 0 Å². The second-order valence-corrected chi connectivity index (χ2v) is 6.88. The lowest BCUT2D eigenvalue weighted by atomic mass is 9.79. The van der Waals surface area contributed by atoms with E-state index in [1.54, 1.807) is 38.1 Å². The molecule has 0 heterocycles.